The summed E-state index contributed by atoms with van der Waals surface area (Å²) in [5, 5.41) is 12.8. The van der Waals surface area contributed by atoms with E-state index in [1.54, 1.807) is 12.1 Å². The van der Waals surface area contributed by atoms with Gasteiger partial charge in [0, 0.05) is 18.1 Å². The minimum atomic E-state index is -3.63. The van der Waals surface area contributed by atoms with Gasteiger partial charge in [0.2, 0.25) is 10.0 Å². The topological polar surface area (TPSA) is 78.4 Å². The Balaban J connectivity index is 2.19. The Hall–Kier alpha value is -0.660. The smallest absolute Gasteiger partial charge is 0.241 e. The maximum absolute atomic E-state index is 12.0. The van der Waals surface area contributed by atoms with E-state index in [0.717, 1.165) is 0 Å². The molecule has 94 valence electrons. The fraction of sp³-hybridized carbons (Fsp3) is 0.400. The number of rotatable bonds is 3. The van der Waals surface area contributed by atoms with Gasteiger partial charge < -0.3 is 10.4 Å². The average Bonchev–Trinajstić information content (AvgIpc) is 2.64. The van der Waals surface area contributed by atoms with Crippen molar-refractivity contribution in [1.82, 2.24) is 10.0 Å². The Kier molecular flexibility index (Phi) is 3.70. The molecule has 5 nitrogen and oxygen atoms in total. The van der Waals surface area contributed by atoms with E-state index in [0.29, 0.717) is 18.1 Å². The third kappa shape index (κ3) is 2.97. The molecule has 0 bridgehead atoms. The van der Waals surface area contributed by atoms with E-state index in [1.807, 2.05) is 0 Å². The Morgan fingerprint density at radius 2 is 2.18 bits per heavy atom. The Morgan fingerprint density at radius 3 is 2.76 bits per heavy atom. The number of hydrogen-bond donors (Lipinski definition) is 3. The van der Waals surface area contributed by atoms with Gasteiger partial charge in [-0.3, -0.25) is 0 Å². The number of β-amino-alcohol motifs (C(OH)–C–C–N with tert-alkyl or cyclic N) is 1. The quantitative estimate of drug-likeness (QED) is 0.723. The summed E-state index contributed by atoms with van der Waals surface area (Å²) in [7, 11) is -3.63. The Bertz CT molecular complexity index is 506. The molecule has 0 radical (unpaired) electrons. The van der Waals surface area contributed by atoms with Gasteiger partial charge in [-0.2, -0.15) is 0 Å². The number of halogens is 1. The van der Waals surface area contributed by atoms with Gasteiger partial charge in [-0.15, -0.1) is 0 Å². The summed E-state index contributed by atoms with van der Waals surface area (Å²) < 4.78 is 26.4. The first-order valence-corrected chi connectivity index (χ1v) is 7.02. The maximum atomic E-state index is 12.0. The second-order valence-electron chi connectivity index (χ2n) is 3.91. The highest BCUT2D eigenvalue weighted by atomic mass is 35.5. The van der Waals surface area contributed by atoms with Gasteiger partial charge in [-0.25, -0.2) is 13.1 Å². The van der Waals surface area contributed by atoms with E-state index >= 15 is 0 Å². The minimum absolute atomic E-state index is 0.101. The molecular weight excluding hydrogens is 264 g/mol. The van der Waals surface area contributed by atoms with Crippen LogP contribution in [0.2, 0.25) is 5.02 Å². The van der Waals surface area contributed by atoms with Crippen LogP contribution in [0.15, 0.2) is 29.2 Å². The molecule has 2 atom stereocenters. The van der Waals surface area contributed by atoms with Crippen LogP contribution in [0.4, 0.5) is 0 Å². The van der Waals surface area contributed by atoms with Gasteiger partial charge in [0.05, 0.1) is 17.0 Å². The predicted octanol–water partition coefficient (Wildman–Crippen LogP) is -0.0490. The van der Waals surface area contributed by atoms with Crippen LogP contribution in [0.25, 0.3) is 0 Å². The van der Waals surface area contributed by atoms with Crippen LogP contribution in [-0.4, -0.2) is 38.8 Å². The van der Waals surface area contributed by atoms with Gasteiger partial charge in [-0.1, -0.05) is 17.7 Å². The zero-order chi connectivity index (χ0) is 12.5. The molecule has 0 amide bonds. The van der Waals surface area contributed by atoms with Crippen LogP contribution >= 0.6 is 11.6 Å². The lowest BCUT2D eigenvalue weighted by atomic mass is 10.2. The number of nitrogens with one attached hydrogen (secondary N) is 2. The van der Waals surface area contributed by atoms with Gasteiger partial charge in [0.25, 0.3) is 0 Å². The van der Waals surface area contributed by atoms with Crippen molar-refractivity contribution in [3.8, 4) is 0 Å². The lowest BCUT2D eigenvalue weighted by Crippen LogP contribution is -2.42. The predicted molar refractivity (Wildman–Crippen MR) is 64.4 cm³/mol. The zero-order valence-electron chi connectivity index (χ0n) is 8.93. The Morgan fingerprint density at radius 1 is 1.41 bits per heavy atom. The van der Waals surface area contributed by atoms with Crippen molar-refractivity contribution in [2.75, 3.05) is 13.1 Å². The van der Waals surface area contributed by atoms with Crippen molar-refractivity contribution in [1.29, 1.82) is 0 Å². The van der Waals surface area contributed by atoms with E-state index in [2.05, 4.69) is 10.0 Å². The molecule has 0 aromatic heterocycles. The lowest BCUT2D eigenvalue weighted by molar-refractivity contribution is 0.173. The standard InChI is InChI=1S/C10H13ClN2O3S/c11-7-2-1-3-8(4-7)17(15,16)13-9-5-12-6-10(9)14/h1-4,9-10,12-14H,5-6H2/t9-,10-/m1/s1. The molecule has 7 heteroatoms. The van der Waals surface area contributed by atoms with Crippen LogP contribution in [0, 0.1) is 0 Å². The molecule has 3 N–H and O–H groups in total. The van der Waals surface area contributed by atoms with Crippen molar-refractivity contribution in [2.24, 2.45) is 0 Å². The molecule has 1 saturated heterocycles. The van der Waals surface area contributed by atoms with E-state index in [9.17, 15) is 13.5 Å². The molecule has 1 aliphatic heterocycles. The molecule has 1 heterocycles. The van der Waals surface area contributed by atoms with Crippen LogP contribution in [0.3, 0.4) is 0 Å². The summed E-state index contributed by atoms with van der Waals surface area (Å²) in [6.07, 6.45) is -0.705. The zero-order valence-corrected chi connectivity index (χ0v) is 10.5. The first kappa shape index (κ1) is 12.8. The van der Waals surface area contributed by atoms with E-state index in [1.165, 1.54) is 12.1 Å². The number of hydrogen-bond acceptors (Lipinski definition) is 4. The minimum Gasteiger partial charge on any atom is -0.390 e. The summed E-state index contributed by atoms with van der Waals surface area (Å²) >= 11 is 5.74. The van der Waals surface area contributed by atoms with Crippen LogP contribution in [0.1, 0.15) is 0 Å². The molecule has 17 heavy (non-hydrogen) atoms. The fourth-order valence-electron chi connectivity index (χ4n) is 1.69. The largest absolute Gasteiger partial charge is 0.390 e. The van der Waals surface area contributed by atoms with E-state index in [-0.39, 0.29) is 4.90 Å². The van der Waals surface area contributed by atoms with Gasteiger partial charge in [0.15, 0.2) is 0 Å². The van der Waals surface area contributed by atoms with E-state index in [4.69, 9.17) is 11.6 Å². The van der Waals surface area contributed by atoms with Crippen molar-refractivity contribution >= 4 is 21.6 Å². The molecule has 0 spiro atoms. The average molecular weight is 277 g/mol. The SMILES string of the molecule is O=S(=O)(N[C@@H]1CNC[C@H]1O)c1cccc(Cl)c1. The first-order valence-electron chi connectivity index (χ1n) is 5.16. The molecule has 0 aliphatic carbocycles. The van der Waals surface area contributed by atoms with Crippen LogP contribution in [-0.2, 0) is 10.0 Å². The number of sulfonamides is 1. The van der Waals surface area contributed by atoms with Gasteiger partial charge in [-0.05, 0) is 18.2 Å². The van der Waals surface area contributed by atoms with Crippen molar-refractivity contribution < 1.29 is 13.5 Å². The molecule has 0 unspecified atom stereocenters. The van der Waals surface area contributed by atoms with Crippen molar-refractivity contribution in [2.45, 2.75) is 17.0 Å². The monoisotopic (exact) mass is 276 g/mol. The van der Waals surface area contributed by atoms with Gasteiger partial charge >= 0.3 is 0 Å². The molecule has 1 fully saturated rings. The van der Waals surface area contributed by atoms with Crippen LogP contribution < -0.4 is 10.0 Å². The fourth-order valence-corrected chi connectivity index (χ4v) is 3.26. The highest BCUT2D eigenvalue weighted by Crippen LogP contribution is 2.16. The summed E-state index contributed by atoms with van der Waals surface area (Å²) in [5.74, 6) is 0. The molecule has 0 saturated carbocycles. The Labute approximate surface area is 105 Å². The molecule has 2 rings (SSSR count). The van der Waals surface area contributed by atoms with Crippen LogP contribution in [0.5, 0.6) is 0 Å². The third-order valence-electron chi connectivity index (χ3n) is 2.60. The highest BCUT2D eigenvalue weighted by Gasteiger charge is 2.29. The first-order chi connectivity index (χ1) is 7.99. The summed E-state index contributed by atoms with van der Waals surface area (Å²) in [6, 6.07) is 5.51. The highest BCUT2D eigenvalue weighted by molar-refractivity contribution is 7.89. The third-order valence-corrected chi connectivity index (χ3v) is 4.32. The summed E-state index contributed by atoms with van der Waals surface area (Å²) in [6.45, 7) is 0.809. The van der Waals surface area contributed by atoms with E-state index < -0.39 is 22.2 Å². The second-order valence-corrected chi connectivity index (χ2v) is 6.06. The molecule has 1 aliphatic rings. The number of benzene rings is 1. The molecule has 1 aromatic carbocycles. The second kappa shape index (κ2) is 4.91. The maximum Gasteiger partial charge on any atom is 0.241 e. The molecular formula is C10H13ClN2O3S. The summed E-state index contributed by atoms with van der Waals surface area (Å²) in [5.41, 5.74) is 0. The number of aliphatic hydroxyl groups excluding tert-OH is 1. The summed E-state index contributed by atoms with van der Waals surface area (Å²) in [4.78, 5) is 0.101. The normalized spacial score (nSPS) is 25.1. The van der Waals surface area contributed by atoms with Crippen molar-refractivity contribution in [3.63, 3.8) is 0 Å². The molecule has 1 aromatic rings. The number of aliphatic hydroxyl groups is 1. The lowest BCUT2D eigenvalue weighted by Gasteiger charge is -2.15. The van der Waals surface area contributed by atoms with Crippen molar-refractivity contribution in [3.05, 3.63) is 29.3 Å². The van der Waals surface area contributed by atoms with Gasteiger partial charge in [0.1, 0.15) is 0 Å².